The molecule has 1 aliphatic heterocycles. The number of phenolic OH excluding ortho intramolecular Hbond substituents is 1. The number of aryl methyl sites for hydroxylation is 1. The van der Waals surface area contributed by atoms with Crippen LogP contribution in [-0.2, 0) is 9.59 Å². The van der Waals surface area contributed by atoms with E-state index in [4.69, 9.17) is 0 Å². The third-order valence-corrected chi connectivity index (χ3v) is 5.23. The largest absolute Gasteiger partial charge is 0.507 e. The molecule has 5 heteroatoms. The molecule has 0 unspecified atom stereocenters. The van der Waals surface area contributed by atoms with Gasteiger partial charge in [0.25, 0.3) is 11.8 Å². The van der Waals surface area contributed by atoms with E-state index in [-0.39, 0.29) is 41.2 Å². The van der Waals surface area contributed by atoms with Crippen LogP contribution >= 0.6 is 0 Å². The van der Waals surface area contributed by atoms with Crippen LogP contribution in [-0.4, -0.2) is 28.1 Å². The van der Waals surface area contributed by atoms with Gasteiger partial charge in [-0.1, -0.05) is 23.8 Å². The zero-order valence-electron chi connectivity index (χ0n) is 12.8. The van der Waals surface area contributed by atoms with E-state index in [0.717, 1.165) is 23.4 Å². The van der Waals surface area contributed by atoms with E-state index >= 15 is 0 Å². The topological polar surface area (TPSA) is 70.0 Å². The second-order valence-corrected chi connectivity index (χ2v) is 6.64. The molecule has 2 amide bonds. The minimum Gasteiger partial charge on any atom is -0.507 e. The highest BCUT2D eigenvalue weighted by atomic mass is 16.3. The van der Waals surface area contributed by atoms with Gasteiger partial charge < -0.3 is 5.11 Å². The number of aromatic hydroxyl groups is 1. The number of nitrogens with zero attached hydrogens (tertiary/aromatic N) is 2. The van der Waals surface area contributed by atoms with Crippen molar-refractivity contribution in [2.24, 2.45) is 28.8 Å². The molecule has 1 saturated carbocycles. The first-order valence-corrected chi connectivity index (χ1v) is 7.96. The van der Waals surface area contributed by atoms with Gasteiger partial charge >= 0.3 is 0 Å². The molecule has 3 aliphatic carbocycles. The third kappa shape index (κ3) is 2.11. The van der Waals surface area contributed by atoms with E-state index in [1.807, 2.05) is 6.92 Å². The molecule has 0 aromatic heterocycles. The van der Waals surface area contributed by atoms with Gasteiger partial charge in [-0.2, -0.15) is 10.1 Å². The number of carbonyl (C=O) groups excluding carboxylic acids is 2. The van der Waals surface area contributed by atoms with Gasteiger partial charge in [-0.25, -0.2) is 0 Å². The zero-order chi connectivity index (χ0) is 16.1. The molecule has 5 nitrogen and oxygen atoms in total. The number of phenols is 1. The Balaban J connectivity index is 1.63. The second kappa shape index (κ2) is 5.05. The van der Waals surface area contributed by atoms with E-state index in [1.165, 1.54) is 6.21 Å². The number of fused-ring (bicyclic) bond motifs is 1. The number of carbonyl (C=O) groups is 2. The Morgan fingerprint density at radius 2 is 1.74 bits per heavy atom. The maximum Gasteiger partial charge on any atom is 0.254 e. The summed E-state index contributed by atoms with van der Waals surface area (Å²) < 4.78 is 0. The molecule has 1 aromatic carbocycles. The van der Waals surface area contributed by atoms with E-state index in [0.29, 0.717) is 5.56 Å². The zero-order valence-corrected chi connectivity index (χ0v) is 12.8. The van der Waals surface area contributed by atoms with Crippen LogP contribution in [0.25, 0.3) is 0 Å². The minimum atomic E-state index is -0.255. The fraction of sp³-hybridized carbons (Fsp3) is 0.389. The van der Waals surface area contributed by atoms with E-state index < -0.39 is 0 Å². The summed E-state index contributed by atoms with van der Waals surface area (Å²) in [4.78, 5) is 25.2. The van der Waals surface area contributed by atoms with E-state index in [1.54, 1.807) is 18.2 Å². The molecule has 118 valence electrons. The van der Waals surface area contributed by atoms with Gasteiger partial charge in [0, 0.05) is 5.56 Å². The lowest BCUT2D eigenvalue weighted by atomic mass is 9.63. The van der Waals surface area contributed by atoms with Crippen molar-refractivity contribution in [2.75, 3.05) is 0 Å². The Morgan fingerprint density at radius 1 is 1.13 bits per heavy atom. The van der Waals surface area contributed by atoms with Gasteiger partial charge in [0.05, 0.1) is 18.1 Å². The Kier molecular flexibility index (Phi) is 3.11. The molecule has 0 radical (unpaired) electrons. The van der Waals surface area contributed by atoms with Gasteiger partial charge in [0.1, 0.15) is 5.75 Å². The van der Waals surface area contributed by atoms with Crippen LogP contribution < -0.4 is 0 Å². The number of allylic oxidation sites excluding steroid dienone is 2. The number of rotatable bonds is 2. The van der Waals surface area contributed by atoms with Crippen molar-refractivity contribution < 1.29 is 14.7 Å². The molecular weight excluding hydrogens is 292 g/mol. The van der Waals surface area contributed by atoms with Crippen molar-refractivity contribution in [3.63, 3.8) is 0 Å². The summed E-state index contributed by atoms with van der Waals surface area (Å²) in [6.07, 6.45) is 7.50. The summed E-state index contributed by atoms with van der Waals surface area (Å²) in [5.74, 6) is -0.519. The van der Waals surface area contributed by atoms with Crippen LogP contribution in [0.5, 0.6) is 5.75 Å². The van der Waals surface area contributed by atoms with Crippen LogP contribution in [0.3, 0.4) is 0 Å². The molecule has 4 aliphatic rings. The lowest BCUT2D eigenvalue weighted by molar-refractivity contribution is -0.140. The predicted molar refractivity (Wildman–Crippen MR) is 84.6 cm³/mol. The molecule has 1 saturated heterocycles. The second-order valence-electron chi connectivity index (χ2n) is 6.64. The average molecular weight is 310 g/mol. The lowest BCUT2D eigenvalue weighted by Gasteiger charge is -2.37. The summed E-state index contributed by atoms with van der Waals surface area (Å²) >= 11 is 0. The summed E-state index contributed by atoms with van der Waals surface area (Å²) in [5.41, 5.74) is 1.47. The van der Waals surface area contributed by atoms with Gasteiger partial charge in [0.15, 0.2) is 0 Å². The Bertz CT molecular complexity index is 721. The quantitative estimate of drug-likeness (QED) is 0.517. The molecule has 1 N–H and O–H groups in total. The highest BCUT2D eigenvalue weighted by molar-refractivity contribution is 6.06. The van der Waals surface area contributed by atoms with Crippen molar-refractivity contribution in [2.45, 2.75) is 19.8 Å². The van der Waals surface area contributed by atoms with Gasteiger partial charge in [-0.15, -0.1) is 0 Å². The van der Waals surface area contributed by atoms with Crippen LogP contribution in [0.4, 0.5) is 0 Å². The number of hydrogen-bond donors (Lipinski definition) is 1. The van der Waals surface area contributed by atoms with E-state index in [9.17, 15) is 14.7 Å². The third-order valence-electron chi connectivity index (χ3n) is 5.23. The number of hydrazone groups is 1. The molecule has 1 heterocycles. The number of benzene rings is 1. The molecule has 5 rings (SSSR count). The Labute approximate surface area is 134 Å². The smallest absolute Gasteiger partial charge is 0.254 e. The molecule has 1 aromatic rings. The molecule has 4 atom stereocenters. The number of imide groups is 1. The SMILES string of the molecule is Cc1ccc(O)c(/C=N\N2C(=O)[C@H]3[C@H](C2=O)[C@H]2C=C[C@H]3CC2)c1. The maximum absolute atomic E-state index is 12.6. The number of amides is 2. The Hall–Kier alpha value is -2.43. The monoisotopic (exact) mass is 310 g/mol. The molecule has 2 bridgehead atoms. The number of hydrogen-bond acceptors (Lipinski definition) is 4. The van der Waals surface area contributed by atoms with Crippen molar-refractivity contribution in [1.82, 2.24) is 5.01 Å². The fourth-order valence-corrected chi connectivity index (χ4v) is 4.07. The maximum atomic E-state index is 12.6. The standard InChI is InChI=1S/C18H18N2O3/c1-10-2-7-14(21)13(8-10)9-19-20-17(22)15-11-3-4-12(6-5-11)16(15)18(20)23/h2-4,7-9,11-12,15-16,21H,5-6H2,1H3/b19-9-/t11-,12-,15+,16+/m0/s1. The van der Waals surface area contributed by atoms with Crippen LogP contribution in [0, 0.1) is 30.6 Å². The van der Waals surface area contributed by atoms with Crippen molar-refractivity contribution in [3.8, 4) is 5.75 Å². The van der Waals surface area contributed by atoms with Crippen LogP contribution in [0.1, 0.15) is 24.0 Å². The van der Waals surface area contributed by atoms with Gasteiger partial charge in [-0.05, 0) is 43.7 Å². The van der Waals surface area contributed by atoms with Crippen molar-refractivity contribution in [1.29, 1.82) is 0 Å². The highest BCUT2D eigenvalue weighted by Gasteiger charge is 2.56. The van der Waals surface area contributed by atoms with Crippen LogP contribution in [0.15, 0.2) is 35.5 Å². The van der Waals surface area contributed by atoms with Gasteiger partial charge in [-0.3, -0.25) is 9.59 Å². The fourth-order valence-electron chi connectivity index (χ4n) is 4.07. The average Bonchev–Trinajstić information content (AvgIpc) is 2.83. The predicted octanol–water partition coefficient (Wildman–Crippen LogP) is 2.23. The van der Waals surface area contributed by atoms with Gasteiger partial charge in [0.2, 0.25) is 0 Å². The van der Waals surface area contributed by atoms with E-state index in [2.05, 4.69) is 17.3 Å². The first-order chi connectivity index (χ1) is 11.1. The summed E-state index contributed by atoms with van der Waals surface area (Å²) in [7, 11) is 0. The Morgan fingerprint density at radius 3 is 2.30 bits per heavy atom. The summed E-state index contributed by atoms with van der Waals surface area (Å²) in [5, 5.41) is 15.0. The highest BCUT2D eigenvalue weighted by Crippen LogP contribution is 2.49. The van der Waals surface area contributed by atoms with Crippen molar-refractivity contribution >= 4 is 18.0 Å². The summed E-state index contributed by atoms with van der Waals surface area (Å²) in [6.45, 7) is 1.90. The first-order valence-electron chi connectivity index (χ1n) is 7.96. The van der Waals surface area contributed by atoms with Crippen LogP contribution in [0.2, 0.25) is 0 Å². The normalized spacial score (nSPS) is 32.1. The minimum absolute atomic E-state index is 0.0811. The first kappa shape index (κ1) is 14.2. The molecule has 23 heavy (non-hydrogen) atoms. The molecular formula is C18H18N2O3. The lowest BCUT2D eigenvalue weighted by Crippen LogP contribution is -2.38. The van der Waals surface area contributed by atoms with Crippen molar-refractivity contribution in [3.05, 3.63) is 41.5 Å². The molecule has 0 spiro atoms. The molecule has 2 fully saturated rings. The summed E-state index contributed by atoms with van der Waals surface area (Å²) in [6, 6.07) is 5.13.